The van der Waals surface area contributed by atoms with Crippen LogP contribution < -0.4 is 5.73 Å². The first-order valence-electron chi connectivity index (χ1n) is 4.95. The number of nitrogens with one attached hydrogen (secondary N) is 2. The Kier molecular flexibility index (Phi) is 5.67. The molecular weight excluding hydrogens is 178 g/mol. The van der Waals surface area contributed by atoms with E-state index < -0.39 is 0 Å². The lowest BCUT2D eigenvalue weighted by Crippen LogP contribution is -2.47. The van der Waals surface area contributed by atoms with Gasteiger partial charge in [0.05, 0.1) is 0 Å². The Morgan fingerprint density at radius 2 is 1.86 bits per heavy atom. The maximum Gasteiger partial charge on any atom is 0.200 e. The minimum absolute atomic E-state index is 0.0926. The summed E-state index contributed by atoms with van der Waals surface area (Å²) in [5.41, 5.74) is 5.30. The van der Waals surface area contributed by atoms with Crippen LogP contribution in [0.1, 0.15) is 26.7 Å². The van der Waals surface area contributed by atoms with Gasteiger partial charge in [-0.2, -0.15) is 0 Å². The number of unbranched alkanes of at least 4 members (excludes halogenated alkanes) is 1. The molecule has 0 rings (SSSR count). The van der Waals surface area contributed by atoms with E-state index in [1.165, 1.54) is 4.90 Å². The molecule has 0 atom stereocenters. The van der Waals surface area contributed by atoms with Crippen molar-refractivity contribution in [1.29, 1.82) is 10.8 Å². The molecule has 14 heavy (non-hydrogen) atoms. The monoisotopic (exact) mass is 199 g/mol. The number of guanidine groups is 2. The van der Waals surface area contributed by atoms with Crippen molar-refractivity contribution in [1.82, 2.24) is 9.80 Å². The van der Waals surface area contributed by atoms with E-state index in [-0.39, 0.29) is 5.96 Å². The average Bonchev–Trinajstić information content (AvgIpc) is 2.17. The van der Waals surface area contributed by atoms with Crippen LogP contribution in [0, 0.1) is 10.8 Å². The van der Waals surface area contributed by atoms with Gasteiger partial charge in [-0.05, 0) is 13.3 Å². The molecular formula is C9H21N5. The molecule has 0 saturated carbocycles. The van der Waals surface area contributed by atoms with Crippen molar-refractivity contribution in [3.63, 3.8) is 0 Å². The van der Waals surface area contributed by atoms with Crippen molar-refractivity contribution in [2.75, 3.05) is 20.1 Å². The maximum atomic E-state index is 7.79. The van der Waals surface area contributed by atoms with Crippen molar-refractivity contribution in [2.45, 2.75) is 26.7 Å². The molecule has 0 heterocycles. The van der Waals surface area contributed by atoms with Gasteiger partial charge in [-0.1, -0.05) is 13.3 Å². The molecule has 0 saturated heterocycles. The third-order valence-corrected chi connectivity index (χ3v) is 2.14. The second-order valence-corrected chi connectivity index (χ2v) is 3.20. The van der Waals surface area contributed by atoms with Crippen molar-refractivity contribution >= 4 is 11.9 Å². The van der Waals surface area contributed by atoms with Gasteiger partial charge in [0.1, 0.15) is 0 Å². The van der Waals surface area contributed by atoms with Gasteiger partial charge in [0, 0.05) is 20.1 Å². The molecule has 0 radical (unpaired) electrons. The van der Waals surface area contributed by atoms with Crippen molar-refractivity contribution in [2.24, 2.45) is 5.73 Å². The van der Waals surface area contributed by atoms with E-state index in [1.807, 2.05) is 11.8 Å². The third-order valence-electron chi connectivity index (χ3n) is 2.14. The Morgan fingerprint density at radius 3 is 2.21 bits per heavy atom. The van der Waals surface area contributed by atoms with Crippen LogP contribution in [0.5, 0.6) is 0 Å². The van der Waals surface area contributed by atoms with Crippen LogP contribution in [0.25, 0.3) is 0 Å². The number of rotatable bonds is 4. The Labute approximate surface area is 85.9 Å². The van der Waals surface area contributed by atoms with Gasteiger partial charge >= 0.3 is 0 Å². The summed E-state index contributed by atoms with van der Waals surface area (Å²) >= 11 is 0. The molecule has 4 N–H and O–H groups in total. The molecule has 0 fully saturated rings. The first-order valence-corrected chi connectivity index (χ1v) is 4.95. The lowest BCUT2D eigenvalue weighted by atomic mass is 10.3. The minimum Gasteiger partial charge on any atom is -0.370 e. The van der Waals surface area contributed by atoms with Crippen LogP contribution in [0.3, 0.4) is 0 Å². The summed E-state index contributed by atoms with van der Waals surface area (Å²) in [6.07, 6.45) is 2.16. The molecule has 0 aromatic rings. The van der Waals surface area contributed by atoms with Gasteiger partial charge < -0.3 is 10.6 Å². The van der Waals surface area contributed by atoms with Gasteiger partial charge in [-0.3, -0.25) is 15.7 Å². The average molecular weight is 199 g/mol. The van der Waals surface area contributed by atoms with Crippen LogP contribution in [-0.2, 0) is 0 Å². The zero-order valence-electron chi connectivity index (χ0n) is 9.30. The van der Waals surface area contributed by atoms with Crippen molar-refractivity contribution < 1.29 is 0 Å². The highest BCUT2D eigenvalue weighted by Crippen LogP contribution is 1.98. The fourth-order valence-corrected chi connectivity index (χ4v) is 1.09. The van der Waals surface area contributed by atoms with Crippen LogP contribution in [-0.4, -0.2) is 41.9 Å². The second kappa shape index (κ2) is 6.23. The van der Waals surface area contributed by atoms with E-state index in [0.29, 0.717) is 5.96 Å². The van der Waals surface area contributed by atoms with Gasteiger partial charge in [0.15, 0.2) is 11.9 Å². The lowest BCUT2D eigenvalue weighted by molar-refractivity contribution is 0.387. The summed E-state index contributed by atoms with van der Waals surface area (Å²) in [5, 5.41) is 15.0. The maximum absolute atomic E-state index is 7.79. The van der Waals surface area contributed by atoms with Crippen molar-refractivity contribution in [3.05, 3.63) is 0 Å². The summed E-state index contributed by atoms with van der Waals surface area (Å²) in [5.74, 6) is 0.207. The molecule has 0 aliphatic rings. The molecule has 0 aromatic heterocycles. The van der Waals surface area contributed by atoms with E-state index in [0.717, 1.165) is 25.9 Å². The van der Waals surface area contributed by atoms with Crippen molar-refractivity contribution in [3.8, 4) is 0 Å². The van der Waals surface area contributed by atoms with Gasteiger partial charge in [0.2, 0.25) is 0 Å². The fraction of sp³-hybridized carbons (Fsp3) is 0.778. The predicted octanol–water partition coefficient (Wildman–Crippen LogP) is 0.868. The summed E-state index contributed by atoms with van der Waals surface area (Å²) in [6.45, 7) is 5.74. The second-order valence-electron chi connectivity index (χ2n) is 3.20. The Hall–Kier alpha value is -1.26. The number of hydrogen-bond donors (Lipinski definition) is 3. The highest BCUT2D eigenvalue weighted by molar-refractivity contribution is 5.94. The molecule has 0 aliphatic heterocycles. The molecule has 0 unspecified atom stereocenters. The standard InChI is InChI=1S/C9H21N5/c1-4-6-7-14(5-2)9(12)13(3)8(10)11/h12H,4-7H2,1-3H3,(H3,10,11). The van der Waals surface area contributed by atoms with E-state index in [4.69, 9.17) is 16.6 Å². The summed E-state index contributed by atoms with van der Waals surface area (Å²) < 4.78 is 0. The zero-order chi connectivity index (χ0) is 11.1. The van der Waals surface area contributed by atoms with Gasteiger partial charge in [0.25, 0.3) is 0 Å². The summed E-state index contributed by atoms with van der Waals surface area (Å²) in [7, 11) is 1.64. The molecule has 0 spiro atoms. The van der Waals surface area contributed by atoms with E-state index in [9.17, 15) is 0 Å². The number of hydrogen-bond acceptors (Lipinski definition) is 2. The third kappa shape index (κ3) is 3.64. The van der Waals surface area contributed by atoms with E-state index in [1.54, 1.807) is 7.05 Å². The highest BCUT2D eigenvalue weighted by Gasteiger charge is 2.13. The zero-order valence-corrected chi connectivity index (χ0v) is 9.30. The SMILES string of the molecule is CCCCN(CC)C(=N)N(C)C(=N)N. The van der Waals surface area contributed by atoms with Crippen LogP contribution in [0.2, 0.25) is 0 Å². The molecule has 0 bridgehead atoms. The molecule has 0 aliphatic carbocycles. The van der Waals surface area contributed by atoms with E-state index >= 15 is 0 Å². The summed E-state index contributed by atoms with van der Waals surface area (Å²) in [4.78, 5) is 3.28. The van der Waals surface area contributed by atoms with Gasteiger partial charge in [-0.25, -0.2) is 0 Å². The molecule has 0 aromatic carbocycles. The van der Waals surface area contributed by atoms with E-state index in [2.05, 4.69) is 6.92 Å². The Bertz CT molecular complexity index is 201. The van der Waals surface area contributed by atoms with Crippen LogP contribution in [0.4, 0.5) is 0 Å². The predicted molar refractivity (Wildman–Crippen MR) is 59.6 cm³/mol. The molecule has 0 amide bonds. The number of nitrogens with zero attached hydrogens (tertiary/aromatic N) is 2. The molecule has 5 heteroatoms. The molecule has 5 nitrogen and oxygen atoms in total. The first-order chi connectivity index (χ1) is 6.54. The lowest BCUT2D eigenvalue weighted by Gasteiger charge is -2.28. The first kappa shape index (κ1) is 12.7. The number of nitrogens with two attached hydrogens (primary N) is 1. The van der Waals surface area contributed by atoms with Crippen LogP contribution in [0.15, 0.2) is 0 Å². The summed E-state index contributed by atoms with van der Waals surface area (Å²) in [6, 6.07) is 0. The minimum atomic E-state index is -0.0926. The highest BCUT2D eigenvalue weighted by atomic mass is 15.4. The fourth-order valence-electron chi connectivity index (χ4n) is 1.09. The quantitative estimate of drug-likeness (QED) is 0.464. The largest absolute Gasteiger partial charge is 0.370 e. The Morgan fingerprint density at radius 1 is 1.29 bits per heavy atom. The molecule has 82 valence electrons. The van der Waals surface area contributed by atoms with Crippen LogP contribution >= 0.6 is 0 Å². The Balaban J connectivity index is 4.23. The van der Waals surface area contributed by atoms with Gasteiger partial charge in [-0.15, -0.1) is 0 Å². The normalized spacial score (nSPS) is 9.64. The topological polar surface area (TPSA) is 80.2 Å². The smallest absolute Gasteiger partial charge is 0.200 e.